The number of allylic oxidation sites excluding steroid dienone is 2. The summed E-state index contributed by atoms with van der Waals surface area (Å²) in [6.07, 6.45) is 4.42. The summed E-state index contributed by atoms with van der Waals surface area (Å²) in [4.78, 5) is 4.09. The maximum Gasteiger partial charge on any atom is 0.131 e. The van der Waals surface area contributed by atoms with Crippen LogP contribution in [0.4, 0.5) is 8.78 Å². The molecule has 1 saturated heterocycles. The fourth-order valence-corrected chi connectivity index (χ4v) is 4.45. The molecule has 174 valence electrons. The molecule has 2 aliphatic heterocycles. The summed E-state index contributed by atoms with van der Waals surface area (Å²) < 4.78 is 27.2. The van der Waals surface area contributed by atoms with Crippen LogP contribution in [0, 0.1) is 23.0 Å². The third-order valence-electron chi connectivity index (χ3n) is 6.38. The van der Waals surface area contributed by atoms with Gasteiger partial charge in [-0.15, -0.1) is 0 Å². The Morgan fingerprint density at radius 1 is 1.27 bits per heavy atom. The van der Waals surface area contributed by atoms with Gasteiger partial charge in [0.05, 0.1) is 22.6 Å². The zero-order chi connectivity index (χ0) is 24.3. The standard InChI is InChI=1S/C26H31F2N5/c1-6-10-26(30,7-2)33-12-11-32-16-23(17(3)22(14-29)25(32)19(33)5)18(4)31-15-20-8-9-21(27)13-24(20)28/h8-9,13,16,31H,3-7,10-12,15,30H2,1-2H3. The van der Waals surface area contributed by atoms with Crippen LogP contribution >= 0.6 is 0 Å². The molecule has 7 heteroatoms. The van der Waals surface area contributed by atoms with E-state index >= 15 is 0 Å². The Morgan fingerprint density at radius 2 is 2.00 bits per heavy atom. The van der Waals surface area contributed by atoms with Crippen molar-refractivity contribution in [2.24, 2.45) is 5.73 Å². The maximum absolute atomic E-state index is 14.0. The number of nitrogens with two attached hydrogens (primary N) is 1. The predicted octanol–water partition coefficient (Wildman–Crippen LogP) is 4.80. The van der Waals surface area contributed by atoms with Gasteiger partial charge in [-0.05, 0) is 24.5 Å². The lowest BCUT2D eigenvalue weighted by atomic mass is 9.89. The van der Waals surface area contributed by atoms with Crippen molar-refractivity contribution in [2.45, 2.75) is 45.3 Å². The van der Waals surface area contributed by atoms with Crippen LogP contribution in [0.1, 0.15) is 38.7 Å². The average molecular weight is 452 g/mol. The van der Waals surface area contributed by atoms with Gasteiger partial charge in [-0.3, -0.25) is 0 Å². The first-order chi connectivity index (χ1) is 15.7. The van der Waals surface area contributed by atoms with Crippen molar-refractivity contribution in [3.8, 4) is 6.07 Å². The van der Waals surface area contributed by atoms with Crippen molar-refractivity contribution in [1.82, 2.24) is 15.1 Å². The van der Waals surface area contributed by atoms with Crippen molar-refractivity contribution >= 4 is 0 Å². The molecule has 1 aromatic rings. The van der Waals surface area contributed by atoms with E-state index in [9.17, 15) is 14.0 Å². The first-order valence-electron chi connectivity index (χ1n) is 11.1. The molecule has 2 aliphatic rings. The van der Waals surface area contributed by atoms with Crippen molar-refractivity contribution in [3.05, 3.63) is 95.1 Å². The van der Waals surface area contributed by atoms with Crippen molar-refractivity contribution < 1.29 is 8.78 Å². The molecule has 5 nitrogen and oxygen atoms in total. The van der Waals surface area contributed by atoms with E-state index in [0.29, 0.717) is 52.5 Å². The van der Waals surface area contributed by atoms with Gasteiger partial charge in [0.2, 0.25) is 0 Å². The third-order valence-corrected chi connectivity index (χ3v) is 6.38. The Balaban J connectivity index is 1.84. The van der Waals surface area contributed by atoms with Crippen LogP contribution in [0.3, 0.4) is 0 Å². The topological polar surface area (TPSA) is 68.3 Å². The maximum atomic E-state index is 14.0. The number of hydrogen-bond acceptors (Lipinski definition) is 5. The lowest BCUT2D eigenvalue weighted by Gasteiger charge is -2.50. The molecule has 2 heterocycles. The molecule has 0 radical (unpaired) electrons. The molecular formula is C26H31F2N5. The van der Waals surface area contributed by atoms with Crippen molar-refractivity contribution in [1.29, 1.82) is 5.26 Å². The summed E-state index contributed by atoms with van der Waals surface area (Å²) in [6, 6.07) is 5.72. The molecule has 0 spiro atoms. The second-order valence-electron chi connectivity index (χ2n) is 8.42. The number of piperazine rings is 1. The van der Waals surface area contributed by atoms with Crippen LogP contribution in [0.5, 0.6) is 0 Å². The lowest BCUT2D eigenvalue weighted by molar-refractivity contribution is 0.0919. The molecule has 0 saturated carbocycles. The van der Waals surface area contributed by atoms with Crippen LogP contribution in [-0.2, 0) is 6.54 Å². The van der Waals surface area contributed by atoms with E-state index < -0.39 is 17.3 Å². The number of rotatable bonds is 8. The highest BCUT2D eigenvalue weighted by molar-refractivity contribution is 5.65. The molecule has 1 fully saturated rings. The smallest absolute Gasteiger partial charge is 0.131 e. The van der Waals surface area contributed by atoms with Gasteiger partial charge in [0, 0.05) is 48.7 Å². The van der Waals surface area contributed by atoms with Crippen LogP contribution in [0.15, 0.2) is 77.9 Å². The normalized spacial score (nSPS) is 17.9. The predicted molar refractivity (Wildman–Crippen MR) is 127 cm³/mol. The molecule has 33 heavy (non-hydrogen) atoms. The van der Waals surface area contributed by atoms with Gasteiger partial charge in [-0.2, -0.15) is 5.26 Å². The number of hydrogen-bond donors (Lipinski definition) is 2. The number of nitriles is 1. The Labute approximate surface area is 194 Å². The molecule has 1 aromatic carbocycles. The fourth-order valence-electron chi connectivity index (χ4n) is 4.45. The SMILES string of the molecule is C=C(NCc1ccc(F)cc1F)C1=CN2CCN(C(N)(CC)CCC)C(=C)C2=C(C#N)C1=C. The summed E-state index contributed by atoms with van der Waals surface area (Å²) in [5.41, 5.74) is 10.0. The van der Waals surface area contributed by atoms with Gasteiger partial charge in [-0.25, -0.2) is 8.78 Å². The third kappa shape index (κ3) is 4.57. The van der Waals surface area contributed by atoms with Crippen molar-refractivity contribution in [2.75, 3.05) is 13.1 Å². The van der Waals surface area contributed by atoms with Gasteiger partial charge in [-0.1, -0.05) is 46.1 Å². The number of benzene rings is 1. The van der Waals surface area contributed by atoms with E-state index in [-0.39, 0.29) is 6.54 Å². The van der Waals surface area contributed by atoms with E-state index in [4.69, 9.17) is 5.73 Å². The molecule has 0 aliphatic carbocycles. The summed E-state index contributed by atoms with van der Waals surface area (Å²) in [5, 5.41) is 13.1. The zero-order valence-electron chi connectivity index (χ0n) is 19.3. The van der Waals surface area contributed by atoms with Gasteiger partial charge in [0.1, 0.15) is 17.7 Å². The zero-order valence-corrected chi connectivity index (χ0v) is 19.3. The van der Waals surface area contributed by atoms with Crippen LogP contribution in [0.2, 0.25) is 0 Å². The fraction of sp³-hybridized carbons (Fsp3) is 0.346. The molecule has 0 aromatic heterocycles. The van der Waals surface area contributed by atoms with E-state index in [0.717, 1.165) is 25.3 Å². The summed E-state index contributed by atoms with van der Waals surface area (Å²) >= 11 is 0. The van der Waals surface area contributed by atoms with Crippen LogP contribution < -0.4 is 11.1 Å². The summed E-state index contributed by atoms with van der Waals surface area (Å²) in [6.45, 7) is 18.1. The van der Waals surface area contributed by atoms with E-state index in [1.54, 1.807) is 0 Å². The second-order valence-corrected chi connectivity index (χ2v) is 8.42. The first kappa shape index (κ1) is 24.3. The second kappa shape index (κ2) is 9.63. The highest BCUT2D eigenvalue weighted by Crippen LogP contribution is 2.40. The number of fused-ring (bicyclic) bond motifs is 1. The van der Waals surface area contributed by atoms with E-state index in [1.807, 2.05) is 11.1 Å². The number of nitrogens with zero attached hydrogens (tertiary/aromatic N) is 3. The minimum atomic E-state index is -0.632. The Morgan fingerprint density at radius 3 is 2.61 bits per heavy atom. The van der Waals surface area contributed by atoms with E-state index in [1.165, 1.54) is 12.1 Å². The molecule has 0 amide bonds. The average Bonchev–Trinajstić information content (AvgIpc) is 2.78. The van der Waals surface area contributed by atoms with Gasteiger partial charge in [0.25, 0.3) is 0 Å². The van der Waals surface area contributed by atoms with Gasteiger partial charge < -0.3 is 20.9 Å². The largest absolute Gasteiger partial charge is 0.381 e. The van der Waals surface area contributed by atoms with Gasteiger partial charge >= 0.3 is 0 Å². The lowest BCUT2D eigenvalue weighted by Crippen LogP contribution is -2.59. The first-order valence-corrected chi connectivity index (χ1v) is 11.1. The minimum Gasteiger partial charge on any atom is -0.381 e. The highest BCUT2D eigenvalue weighted by atomic mass is 19.1. The highest BCUT2D eigenvalue weighted by Gasteiger charge is 2.39. The molecule has 3 rings (SSSR count). The van der Waals surface area contributed by atoms with Crippen molar-refractivity contribution in [3.63, 3.8) is 0 Å². The van der Waals surface area contributed by atoms with Crippen LogP contribution in [0.25, 0.3) is 0 Å². The minimum absolute atomic E-state index is 0.123. The monoisotopic (exact) mass is 451 g/mol. The van der Waals surface area contributed by atoms with E-state index in [2.05, 4.69) is 49.9 Å². The Hall–Kier alpha value is -3.37. The summed E-state index contributed by atoms with van der Waals surface area (Å²) in [7, 11) is 0. The Bertz CT molecular complexity index is 1090. The molecule has 1 atom stereocenters. The van der Waals surface area contributed by atoms with Crippen LogP contribution in [-0.4, -0.2) is 28.6 Å². The Kier molecular flexibility index (Phi) is 7.09. The number of nitrogens with one attached hydrogen (secondary N) is 1. The van der Waals surface area contributed by atoms with Gasteiger partial charge in [0.15, 0.2) is 0 Å². The number of halogens is 2. The molecular weight excluding hydrogens is 420 g/mol. The molecule has 1 unspecified atom stereocenters. The summed E-state index contributed by atoms with van der Waals surface area (Å²) in [5.74, 6) is -1.26. The molecule has 3 N–H and O–H groups in total. The molecule has 0 bridgehead atoms. The quantitative estimate of drug-likeness (QED) is 0.595.